The molecular weight excluding hydrogens is 320 g/mol. The van der Waals surface area contributed by atoms with E-state index in [1.54, 1.807) is 48.5 Å². The van der Waals surface area contributed by atoms with Crippen molar-refractivity contribution < 1.29 is 10.2 Å². The van der Waals surface area contributed by atoms with Crippen LogP contribution in [0, 0.1) is 0 Å². The Morgan fingerprint density at radius 1 is 0.500 bits per heavy atom. The highest BCUT2D eigenvalue weighted by Crippen LogP contribution is 2.15. The molecule has 1 saturated carbocycles. The van der Waals surface area contributed by atoms with Crippen molar-refractivity contribution in [3.05, 3.63) is 60.7 Å². The molecule has 1 aliphatic rings. The average Bonchev–Trinajstić information content (AvgIpc) is 2.67. The summed E-state index contributed by atoms with van der Waals surface area (Å²) in [5.41, 5.74) is 0. The largest absolute Gasteiger partial charge is 0.508 e. The van der Waals surface area contributed by atoms with Crippen molar-refractivity contribution in [2.45, 2.75) is 79.1 Å². The van der Waals surface area contributed by atoms with Crippen LogP contribution in [-0.2, 0) is 0 Å². The Balaban J connectivity index is 0. The SMILES string of the molecule is C1CCCCC1.CCC.CCC.Oc1ccccc1.Oc1ccccc1. The van der Waals surface area contributed by atoms with Crippen LogP contribution < -0.4 is 0 Å². The molecule has 2 aromatic carbocycles. The van der Waals surface area contributed by atoms with Gasteiger partial charge < -0.3 is 10.2 Å². The lowest BCUT2D eigenvalue weighted by molar-refractivity contribution is 0.475. The summed E-state index contributed by atoms with van der Waals surface area (Å²) in [5, 5.41) is 17.3. The summed E-state index contributed by atoms with van der Waals surface area (Å²) in [6.45, 7) is 8.50. The highest BCUT2D eigenvalue weighted by molar-refractivity contribution is 5.19. The van der Waals surface area contributed by atoms with E-state index in [4.69, 9.17) is 10.2 Å². The zero-order chi connectivity index (χ0) is 19.9. The number of hydrogen-bond acceptors (Lipinski definition) is 2. The standard InChI is InChI=1S/2C6H6O.C6H12.2C3H8/c2*7-6-4-2-1-3-5-6;1-2-4-6-5-3-1;2*1-3-2/h2*1-5,7H;1-6H2;2*3H2,1-2H3. The van der Waals surface area contributed by atoms with Crippen LogP contribution in [0.15, 0.2) is 60.7 Å². The number of hydrogen-bond donors (Lipinski definition) is 2. The van der Waals surface area contributed by atoms with Gasteiger partial charge in [-0.25, -0.2) is 0 Å². The molecule has 1 aliphatic carbocycles. The molecule has 0 radical (unpaired) electrons. The number of phenolic OH excluding ortho intramolecular Hbond substituents is 2. The molecule has 0 amide bonds. The van der Waals surface area contributed by atoms with Gasteiger partial charge in [0, 0.05) is 0 Å². The van der Waals surface area contributed by atoms with Crippen LogP contribution in [0.2, 0.25) is 0 Å². The summed E-state index contributed by atoms with van der Waals surface area (Å²) in [5.74, 6) is 0.644. The Hall–Kier alpha value is -1.96. The molecule has 2 aromatic rings. The maximum atomic E-state index is 8.63. The van der Waals surface area contributed by atoms with Crippen molar-refractivity contribution in [1.29, 1.82) is 0 Å². The first-order chi connectivity index (χ1) is 12.6. The van der Waals surface area contributed by atoms with Gasteiger partial charge >= 0.3 is 0 Å². The van der Waals surface area contributed by atoms with Gasteiger partial charge in [0.2, 0.25) is 0 Å². The number of para-hydroxylation sites is 2. The minimum absolute atomic E-state index is 0.322. The molecule has 0 spiro atoms. The van der Waals surface area contributed by atoms with Crippen molar-refractivity contribution in [3.63, 3.8) is 0 Å². The second-order valence-electron chi connectivity index (χ2n) is 6.21. The Kier molecular flexibility index (Phi) is 23.3. The third-order valence-corrected chi connectivity index (χ3v) is 3.01. The molecule has 0 atom stereocenters. The molecule has 26 heavy (non-hydrogen) atoms. The van der Waals surface area contributed by atoms with E-state index in [0.29, 0.717) is 11.5 Å². The summed E-state index contributed by atoms with van der Waals surface area (Å²) >= 11 is 0. The van der Waals surface area contributed by atoms with E-state index in [-0.39, 0.29) is 0 Å². The Morgan fingerprint density at radius 3 is 0.808 bits per heavy atom. The number of rotatable bonds is 0. The summed E-state index contributed by atoms with van der Waals surface area (Å²) in [4.78, 5) is 0. The molecule has 0 aliphatic heterocycles. The summed E-state index contributed by atoms with van der Waals surface area (Å²) < 4.78 is 0. The van der Waals surface area contributed by atoms with Gasteiger partial charge in [-0.2, -0.15) is 0 Å². The third kappa shape index (κ3) is 24.3. The summed E-state index contributed by atoms with van der Waals surface area (Å²) in [6, 6.07) is 17.4. The first-order valence-corrected chi connectivity index (χ1v) is 10.1. The molecule has 0 aromatic heterocycles. The smallest absolute Gasteiger partial charge is 0.115 e. The second kappa shape index (κ2) is 23.0. The highest BCUT2D eigenvalue weighted by atomic mass is 16.3. The van der Waals surface area contributed by atoms with Gasteiger partial charge in [0.15, 0.2) is 0 Å². The minimum atomic E-state index is 0.322. The lowest BCUT2D eigenvalue weighted by Crippen LogP contribution is -1.85. The fourth-order valence-corrected chi connectivity index (χ4v) is 1.92. The van der Waals surface area contributed by atoms with Crippen molar-refractivity contribution in [2.75, 3.05) is 0 Å². The monoisotopic (exact) mass is 360 g/mol. The molecule has 148 valence electrons. The lowest BCUT2D eigenvalue weighted by Gasteiger charge is -2.05. The molecule has 0 bridgehead atoms. The quantitative estimate of drug-likeness (QED) is 0.500. The van der Waals surface area contributed by atoms with E-state index < -0.39 is 0 Å². The van der Waals surface area contributed by atoms with Gasteiger partial charge in [-0.3, -0.25) is 0 Å². The van der Waals surface area contributed by atoms with E-state index in [0.717, 1.165) is 0 Å². The van der Waals surface area contributed by atoms with Crippen LogP contribution in [0.25, 0.3) is 0 Å². The molecular formula is C24H40O2. The normalized spacial score (nSPS) is 11.5. The van der Waals surface area contributed by atoms with Crippen LogP contribution in [0.5, 0.6) is 11.5 Å². The van der Waals surface area contributed by atoms with Gasteiger partial charge in [-0.05, 0) is 24.3 Å². The van der Waals surface area contributed by atoms with Gasteiger partial charge in [-0.15, -0.1) is 0 Å². The predicted molar refractivity (Wildman–Crippen MR) is 116 cm³/mol. The maximum absolute atomic E-state index is 8.63. The Labute approximate surface area is 161 Å². The number of aromatic hydroxyl groups is 2. The molecule has 2 nitrogen and oxygen atoms in total. The van der Waals surface area contributed by atoms with Crippen LogP contribution in [-0.4, -0.2) is 10.2 Å². The first kappa shape index (κ1) is 26.3. The average molecular weight is 361 g/mol. The first-order valence-electron chi connectivity index (χ1n) is 10.1. The number of benzene rings is 2. The van der Waals surface area contributed by atoms with Crippen LogP contribution in [0.4, 0.5) is 0 Å². The minimum Gasteiger partial charge on any atom is -0.508 e. The van der Waals surface area contributed by atoms with E-state index in [2.05, 4.69) is 27.7 Å². The Bertz CT molecular complexity index is 399. The molecule has 2 N–H and O–H groups in total. The van der Waals surface area contributed by atoms with Crippen LogP contribution >= 0.6 is 0 Å². The van der Waals surface area contributed by atoms with Crippen LogP contribution in [0.3, 0.4) is 0 Å². The lowest BCUT2D eigenvalue weighted by atomic mass is 10.0. The van der Waals surface area contributed by atoms with Gasteiger partial charge in [0.25, 0.3) is 0 Å². The maximum Gasteiger partial charge on any atom is 0.115 e. The van der Waals surface area contributed by atoms with E-state index in [1.807, 2.05) is 12.1 Å². The fourth-order valence-electron chi connectivity index (χ4n) is 1.92. The molecule has 0 heterocycles. The molecule has 1 fully saturated rings. The Morgan fingerprint density at radius 2 is 0.692 bits per heavy atom. The molecule has 0 unspecified atom stereocenters. The zero-order valence-electron chi connectivity index (χ0n) is 17.3. The van der Waals surface area contributed by atoms with E-state index in [9.17, 15) is 0 Å². The van der Waals surface area contributed by atoms with Gasteiger partial charge in [0.05, 0.1) is 0 Å². The van der Waals surface area contributed by atoms with Crippen molar-refractivity contribution >= 4 is 0 Å². The third-order valence-electron chi connectivity index (χ3n) is 3.01. The van der Waals surface area contributed by atoms with E-state index in [1.165, 1.54) is 51.4 Å². The van der Waals surface area contributed by atoms with Crippen molar-refractivity contribution in [1.82, 2.24) is 0 Å². The van der Waals surface area contributed by atoms with E-state index >= 15 is 0 Å². The summed E-state index contributed by atoms with van der Waals surface area (Å²) in [6.07, 6.45) is 11.5. The van der Waals surface area contributed by atoms with Gasteiger partial charge in [-0.1, -0.05) is 115 Å². The second-order valence-corrected chi connectivity index (χ2v) is 6.21. The molecule has 0 saturated heterocycles. The van der Waals surface area contributed by atoms with Crippen molar-refractivity contribution in [2.24, 2.45) is 0 Å². The highest BCUT2D eigenvalue weighted by Gasteiger charge is 1.95. The topological polar surface area (TPSA) is 40.5 Å². The zero-order valence-corrected chi connectivity index (χ0v) is 17.3. The summed E-state index contributed by atoms with van der Waals surface area (Å²) in [7, 11) is 0. The predicted octanol–water partition coefficient (Wildman–Crippen LogP) is 7.96. The molecule has 2 heteroatoms. The number of phenols is 2. The molecule has 3 rings (SSSR count). The fraction of sp³-hybridized carbons (Fsp3) is 0.500. The van der Waals surface area contributed by atoms with Gasteiger partial charge in [0.1, 0.15) is 11.5 Å². The van der Waals surface area contributed by atoms with Crippen LogP contribution in [0.1, 0.15) is 79.1 Å². The van der Waals surface area contributed by atoms with Crippen molar-refractivity contribution in [3.8, 4) is 11.5 Å².